The van der Waals surface area contributed by atoms with Gasteiger partial charge in [0.25, 0.3) is 10.0 Å². The lowest BCUT2D eigenvalue weighted by Crippen LogP contribution is -2.23. The number of esters is 1. The van der Waals surface area contributed by atoms with Gasteiger partial charge in [0.15, 0.2) is 0 Å². The van der Waals surface area contributed by atoms with E-state index in [0.29, 0.717) is 41.7 Å². The molecule has 0 bridgehead atoms. The summed E-state index contributed by atoms with van der Waals surface area (Å²) in [5.41, 5.74) is 0.0856. The minimum Gasteiger partial charge on any atom is -0.465 e. The molecule has 174 valence electrons. The molecule has 33 heavy (non-hydrogen) atoms. The first kappa shape index (κ1) is 24.2. The summed E-state index contributed by atoms with van der Waals surface area (Å²) in [4.78, 5) is 19.9. The smallest absolute Gasteiger partial charge is 0.340 e. The van der Waals surface area contributed by atoms with E-state index in [9.17, 15) is 22.0 Å². The lowest BCUT2D eigenvalue weighted by molar-refractivity contribution is 0.0595. The van der Waals surface area contributed by atoms with Gasteiger partial charge >= 0.3 is 5.97 Å². The van der Waals surface area contributed by atoms with Crippen molar-refractivity contribution < 1.29 is 26.7 Å². The van der Waals surface area contributed by atoms with Crippen LogP contribution in [0.1, 0.15) is 30.0 Å². The number of nitrogens with one attached hydrogen (secondary N) is 2. The molecule has 0 saturated heterocycles. The number of aromatic nitrogens is 2. The first-order chi connectivity index (χ1) is 15.6. The Balaban J connectivity index is 1.77. The Morgan fingerprint density at radius 2 is 1.67 bits per heavy atom. The molecule has 0 aliphatic carbocycles. The number of benzene rings is 2. The topological polar surface area (TPSA) is 110 Å². The van der Waals surface area contributed by atoms with Gasteiger partial charge in [0.2, 0.25) is 0 Å². The lowest BCUT2D eigenvalue weighted by atomic mass is 10.1. The highest BCUT2D eigenvalue weighted by atomic mass is 32.2. The zero-order valence-electron chi connectivity index (χ0n) is 18.1. The number of halogens is 2. The molecule has 3 rings (SSSR count). The van der Waals surface area contributed by atoms with Gasteiger partial charge < -0.3 is 10.1 Å². The Hall–Kier alpha value is -3.44. The molecule has 0 unspecified atom stereocenters. The van der Waals surface area contributed by atoms with Crippen molar-refractivity contribution in [3.63, 3.8) is 0 Å². The number of carbonyl (C=O) groups is 1. The van der Waals surface area contributed by atoms with Gasteiger partial charge in [-0.1, -0.05) is 26.0 Å². The van der Waals surface area contributed by atoms with Gasteiger partial charge in [-0.15, -0.1) is 0 Å². The number of ether oxygens (including phenoxy) is 1. The molecule has 3 aromatic rings. The molecule has 0 atom stereocenters. The zero-order chi connectivity index (χ0) is 24.2. The number of hydrogen-bond donors (Lipinski definition) is 2. The predicted octanol–water partition coefficient (Wildman–Crippen LogP) is 3.51. The number of hydrogen-bond acceptors (Lipinski definition) is 7. The molecule has 0 fully saturated rings. The van der Waals surface area contributed by atoms with Gasteiger partial charge in [-0.05, 0) is 23.8 Å². The molecule has 2 aromatic carbocycles. The van der Waals surface area contributed by atoms with Crippen LogP contribution in [-0.2, 0) is 21.3 Å². The highest BCUT2D eigenvalue weighted by Crippen LogP contribution is 2.25. The van der Waals surface area contributed by atoms with E-state index in [-0.39, 0.29) is 4.90 Å². The third kappa shape index (κ3) is 5.88. The largest absolute Gasteiger partial charge is 0.465 e. The van der Waals surface area contributed by atoms with E-state index in [0.717, 1.165) is 7.11 Å². The summed E-state index contributed by atoms with van der Waals surface area (Å²) in [6, 6.07) is 7.20. The summed E-state index contributed by atoms with van der Waals surface area (Å²) in [5, 5.41) is 3.21. The molecule has 1 heterocycles. The first-order valence-corrected chi connectivity index (χ1v) is 11.3. The zero-order valence-corrected chi connectivity index (χ0v) is 18.9. The first-order valence-electron chi connectivity index (χ1n) is 9.85. The average molecular weight is 477 g/mol. The minimum absolute atomic E-state index is 0.165. The Morgan fingerprint density at radius 1 is 1.03 bits per heavy atom. The number of anilines is 1. The number of nitrogens with zero attached hydrogens (tertiary/aromatic N) is 2. The van der Waals surface area contributed by atoms with Crippen LogP contribution in [-0.4, -0.2) is 37.5 Å². The summed E-state index contributed by atoms with van der Waals surface area (Å²) in [7, 11) is -3.21. The molecule has 11 heteroatoms. The van der Waals surface area contributed by atoms with Gasteiger partial charge in [-0.2, -0.15) is 0 Å². The lowest BCUT2D eigenvalue weighted by Gasteiger charge is -2.11. The summed E-state index contributed by atoms with van der Waals surface area (Å²) in [6.07, 6.45) is 3.26. The van der Waals surface area contributed by atoms with Gasteiger partial charge in [0.05, 0.1) is 29.8 Å². The van der Waals surface area contributed by atoms with Crippen LogP contribution < -0.4 is 10.0 Å². The van der Waals surface area contributed by atoms with E-state index in [1.807, 2.05) is 18.6 Å². The predicted molar refractivity (Wildman–Crippen MR) is 118 cm³/mol. The number of rotatable bonds is 8. The summed E-state index contributed by atoms with van der Waals surface area (Å²) in [6.45, 7) is 4.56. The molecule has 0 amide bonds. The molecule has 0 spiro atoms. The molecule has 0 saturated carbocycles. The second-order valence-corrected chi connectivity index (χ2v) is 9.04. The van der Waals surface area contributed by atoms with Crippen LogP contribution in [0.2, 0.25) is 0 Å². The SMILES string of the molecule is COC(=O)c1cc(F)c(NS(=O)(=O)c2ccc(-c3cnc(CNC(C)C)nc3)cc2)cc1F. The Bertz CT molecular complexity index is 1250. The van der Waals surface area contributed by atoms with Crippen LogP contribution in [0.25, 0.3) is 11.1 Å². The number of sulfonamides is 1. The van der Waals surface area contributed by atoms with Crippen molar-refractivity contribution in [2.24, 2.45) is 0 Å². The van der Waals surface area contributed by atoms with E-state index in [1.165, 1.54) is 12.1 Å². The molecule has 0 aliphatic heterocycles. The fraction of sp³-hybridized carbons (Fsp3) is 0.227. The van der Waals surface area contributed by atoms with Crippen molar-refractivity contribution in [3.8, 4) is 11.1 Å². The minimum atomic E-state index is -4.22. The van der Waals surface area contributed by atoms with Crippen LogP contribution in [0, 0.1) is 11.6 Å². The van der Waals surface area contributed by atoms with Crippen LogP contribution >= 0.6 is 0 Å². The second kappa shape index (κ2) is 10.0. The van der Waals surface area contributed by atoms with E-state index in [2.05, 4.69) is 20.0 Å². The van der Waals surface area contributed by atoms with Gasteiger partial charge in [0, 0.05) is 30.1 Å². The van der Waals surface area contributed by atoms with E-state index < -0.39 is 38.9 Å². The fourth-order valence-corrected chi connectivity index (χ4v) is 3.87. The van der Waals surface area contributed by atoms with Crippen molar-refractivity contribution in [1.82, 2.24) is 15.3 Å². The Kier molecular flexibility index (Phi) is 7.34. The Morgan fingerprint density at radius 3 is 2.24 bits per heavy atom. The molecule has 2 N–H and O–H groups in total. The average Bonchev–Trinajstić information content (AvgIpc) is 2.79. The highest BCUT2D eigenvalue weighted by Gasteiger charge is 2.21. The third-order valence-corrected chi connectivity index (χ3v) is 5.96. The van der Waals surface area contributed by atoms with Crippen LogP contribution in [0.15, 0.2) is 53.7 Å². The summed E-state index contributed by atoms with van der Waals surface area (Å²) in [5.74, 6) is -2.70. The maximum atomic E-state index is 14.3. The molecule has 1 aromatic heterocycles. The van der Waals surface area contributed by atoms with Crippen molar-refractivity contribution in [3.05, 3.63) is 71.8 Å². The van der Waals surface area contributed by atoms with Crippen LogP contribution in [0.5, 0.6) is 0 Å². The standard InChI is InChI=1S/C22H22F2N4O4S/c1-13(2)25-12-21-26-10-15(11-27-21)14-4-6-16(7-5-14)33(30,31)28-20-9-18(23)17(8-19(20)24)22(29)32-3/h4-11,13,25,28H,12H2,1-3H3. The summed E-state index contributed by atoms with van der Waals surface area (Å²) < 4.78 is 60.0. The van der Waals surface area contributed by atoms with E-state index >= 15 is 0 Å². The van der Waals surface area contributed by atoms with Gasteiger partial charge in [0.1, 0.15) is 17.5 Å². The molecular formula is C22H22F2N4O4S. The van der Waals surface area contributed by atoms with Crippen molar-refractivity contribution in [2.45, 2.75) is 31.3 Å². The molecular weight excluding hydrogens is 454 g/mol. The Labute approximate surface area is 190 Å². The van der Waals surface area contributed by atoms with Crippen molar-refractivity contribution in [2.75, 3.05) is 11.8 Å². The quantitative estimate of drug-likeness (QED) is 0.479. The molecule has 0 aliphatic rings. The van der Waals surface area contributed by atoms with Gasteiger partial charge in [-0.25, -0.2) is 32.0 Å². The van der Waals surface area contributed by atoms with Crippen LogP contribution in [0.3, 0.4) is 0 Å². The maximum Gasteiger partial charge on any atom is 0.340 e. The third-order valence-electron chi connectivity index (χ3n) is 4.58. The van der Waals surface area contributed by atoms with E-state index in [1.54, 1.807) is 24.5 Å². The highest BCUT2D eigenvalue weighted by molar-refractivity contribution is 7.92. The monoisotopic (exact) mass is 476 g/mol. The molecule has 0 radical (unpaired) electrons. The van der Waals surface area contributed by atoms with Crippen molar-refractivity contribution >= 4 is 21.7 Å². The number of methoxy groups -OCH3 is 1. The normalized spacial score (nSPS) is 11.5. The number of carbonyl (C=O) groups excluding carboxylic acids is 1. The fourth-order valence-electron chi connectivity index (χ4n) is 2.81. The second-order valence-electron chi connectivity index (χ2n) is 7.36. The van der Waals surface area contributed by atoms with Crippen molar-refractivity contribution in [1.29, 1.82) is 0 Å². The van der Waals surface area contributed by atoms with Gasteiger partial charge in [-0.3, -0.25) is 4.72 Å². The van der Waals surface area contributed by atoms with E-state index in [4.69, 9.17) is 0 Å². The molecule has 8 nitrogen and oxygen atoms in total. The maximum absolute atomic E-state index is 14.3. The van der Waals surface area contributed by atoms with Crippen LogP contribution in [0.4, 0.5) is 14.5 Å². The summed E-state index contributed by atoms with van der Waals surface area (Å²) >= 11 is 0.